The molecule has 0 aliphatic carbocycles. The van der Waals surface area contributed by atoms with Gasteiger partial charge in [0.2, 0.25) is 0 Å². The molecule has 0 saturated carbocycles. The molecule has 1 aliphatic heterocycles. The molecule has 1 heterocycles. The van der Waals surface area contributed by atoms with E-state index in [1.807, 2.05) is 23.1 Å². The van der Waals surface area contributed by atoms with Crippen LogP contribution in [0.4, 0.5) is 0 Å². The quantitative estimate of drug-likeness (QED) is 0.767. The first kappa shape index (κ1) is 19.0. The minimum atomic E-state index is -0.850. The average Bonchev–Trinajstić information content (AvgIpc) is 2.64. The van der Waals surface area contributed by atoms with Crippen LogP contribution in [0.5, 0.6) is 5.75 Å². The molecule has 1 amide bonds. The highest BCUT2D eigenvalue weighted by molar-refractivity contribution is 5.97. The minimum absolute atomic E-state index is 0.0782. The number of carboxylic acids is 1. The Morgan fingerprint density at radius 3 is 2.52 bits per heavy atom. The molecule has 1 aromatic rings. The number of para-hydroxylation sites is 1. The van der Waals surface area contributed by atoms with Crippen LogP contribution in [-0.4, -0.2) is 66.1 Å². The highest BCUT2D eigenvalue weighted by Crippen LogP contribution is 2.20. The SMILES string of the molecule is CCC/C=C/[C@H](C(=O)O)N1CCN(C(=O)c2ccccc2OC)CC1. The molecule has 0 bridgehead atoms. The zero-order valence-corrected chi connectivity index (χ0v) is 14.9. The van der Waals surface area contributed by atoms with Crippen molar-refractivity contribution in [3.8, 4) is 5.75 Å². The van der Waals surface area contributed by atoms with Crippen LogP contribution in [0.15, 0.2) is 36.4 Å². The van der Waals surface area contributed by atoms with E-state index in [1.54, 1.807) is 30.2 Å². The summed E-state index contributed by atoms with van der Waals surface area (Å²) in [4.78, 5) is 27.9. The maximum atomic E-state index is 12.7. The van der Waals surface area contributed by atoms with Gasteiger partial charge < -0.3 is 14.7 Å². The van der Waals surface area contributed by atoms with Gasteiger partial charge in [-0.15, -0.1) is 0 Å². The molecule has 0 aromatic heterocycles. The van der Waals surface area contributed by atoms with E-state index in [1.165, 1.54) is 0 Å². The first-order valence-electron chi connectivity index (χ1n) is 8.64. The first-order valence-corrected chi connectivity index (χ1v) is 8.64. The van der Waals surface area contributed by atoms with Crippen LogP contribution in [-0.2, 0) is 4.79 Å². The number of piperazine rings is 1. The number of carboxylic acid groups (broad SMARTS) is 1. The van der Waals surface area contributed by atoms with E-state index in [0.717, 1.165) is 12.8 Å². The summed E-state index contributed by atoms with van der Waals surface area (Å²) in [6.07, 6.45) is 5.54. The third kappa shape index (κ3) is 4.82. The van der Waals surface area contributed by atoms with Gasteiger partial charge in [0.1, 0.15) is 11.8 Å². The maximum absolute atomic E-state index is 12.7. The van der Waals surface area contributed by atoms with E-state index >= 15 is 0 Å². The fraction of sp³-hybridized carbons (Fsp3) is 0.474. The molecule has 2 rings (SSSR count). The number of hydrogen-bond donors (Lipinski definition) is 1. The molecule has 0 spiro atoms. The minimum Gasteiger partial charge on any atom is -0.496 e. The van der Waals surface area contributed by atoms with Gasteiger partial charge in [0.05, 0.1) is 12.7 Å². The molecule has 1 atom stereocenters. The van der Waals surface area contributed by atoms with Crippen LogP contribution in [0.25, 0.3) is 0 Å². The zero-order chi connectivity index (χ0) is 18.2. The Balaban J connectivity index is 2.00. The second kappa shape index (κ2) is 9.22. The van der Waals surface area contributed by atoms with Gasteiger partial charge >= 0.3 is 5.97 Å². The lowest BCUT2D eigenvalue weighted by molar-refractivity contribution is -0.141. The number of allylic oxidation sites excluding steroid dienone is 1. The van der Waals surface area contributed by atoms with E-state index in [0.29, 0.717) is 37.5 Å². The van der Waals surface area contributed by atoms with Gasteiger partial charge in [0, 0.05) is 26.2 Å². The van der Waals surface area contributed by atoms with Crippen LogP contribution in [0.1, 0.15) is 30.1 Å². The molecule has 1 N–H and O–H groups in total. The lowest BCUT2D eigenvalue weighted by Gasteiger charge is -2.37. The molecule has 1 fully saturated rings. The van der Waals surface area contributed by atoms with Crippen LogP contribution >= 0.6 is 0 Å². The van der Waals surface area contributed by atoms with Crippen LogP contribution in [0.2, 0.25) is 0 Å². The summed E-state index contributed by atoms with van der Waals surface area (Å²) < 4.78 is 5.26. The zero-order valence-electron chi connectivity index (χ0n) is 14.9. The van der Waals surface area contributed by atoms with Gasteiger partial charge in [-0.25, -0.2) is 0 Å². The number of hydrogen-bond acceptors (Lipinski definition) is 4. The second-order valence-corrected chi connectivity index (χ2v) is 6.03. The molecule has 0 radical (unpaired) electrons. The largest absolute Gasteiger partial charge is 0.496 e. The van der Waals surface area contributed by atoms with Crippen molar-refractivity contribution in [1.29, 1.82) is 0 Å². The van der Waals surface area contributed by atoms with Gasteiger partial charge in [-0.2, -0.15) is 0 Å². The van der Waals surface area contributed by atoms with Crippen molar-refractivity contribution in [3.63, 3.8) is 0 Å². The number of carbonyl (C=O) groups is 2. The fourth-order valence-electron chi connectivity index (χ4n) is 2.95. The van der Waals surface area contributed by atoms with Crippen molar-refractivity contribution in [2.75, 3.05) is 33.3 Å². The summed E-state index contributed by atoms with van der Waals surface area (Å²) >= 11 is 0. The number of aliphatic carboxylic acids is 1. The Morgan fingerprint density at radius 2 is 1.92 bits per heavy atom. The molecule has 6 heteroatoms. The Bertz CT molecular complexity index is 622. The van der Waals surface area contributed by atoms with Crippen molar-refractivity contribution in [1.82, 2.24) is 9.80 Å². The summed E-state index contributed by atoms with van der Waals surface area (Å²) in [6.45, 7) is 4.13. The number of carbonyl (C=O) groups excluding carboxylic acids is 1. The van der Waals surface area contributed by atoms with Crippen LogP contribution < -0.4 is 4.74 Å². The molecule has 6 nitrogen and oxygen atoms in total. The van der Waals surface area contributed by atoms with Gasteiger partial charge in [0.15, 0.2) is 0 Å². The summed E-state index contributed by atoms with van der Waals surface area (Å²) in [6, 6.07) is 6.53. The monoisotopic (exact) mass is 346 g/mol. The molecule has 1 aliphatic rings. The Labute approximate surface area is 148 Å². The molecule has 25 heavy (non-hydrogen) atoms. The first-order chi connectivity index (χ1) is 12.1. The number of benzene rings is 1. The maximum Gasteiger partial charge on any atom is 0.324 e. The Kier molecular flexibility index (Phi) is 7.01. The second-order valence-electron chi connectivity index (χ2n) is 6.03. The number of rotatable bonds is 7. The molecule has 136 valence electrons. The summed E-state index contributed by atoms with van der Waals surface area (Å²) in [5.74, 6) is -0.372. The topological polar surface area (TPSA) is 70.1 Å². The lowest BCUT2D eigenvalue weighted by Crippen LogP contribution is -2.53. The molecular formula is C19H26N2O4. The number of unbranched alkanes of at least 4 members (excludes halogenated alkanes) is 1. The number of methoxy groups -OCH3 is 1. The van der Waals surface area contributed by atoms with Gasteiger partial charge in [-0.1, -0.05) is 37.6 Å². The number of amides is 1. The number of ether oxygens (including phenoxy) is 1. The van der Waals surface area contributed by atoms with Crippen molar-refractivity contribution in [2.45, 2.75) is 25.8 Å². The van der Waals surface area contributed by atoms with Gasteiger partial charge in [0.25, 0.3) is 5.91 Å². The van der Waals surface area contributed by atoms with Gasteiger partial charge in [-0.3, -0.25) is 14.5 Å². The predicted molar refractivity (Wildman–Crippen MR) is 95.9 cm³/mol. The lowest BCUT2D eigenvalue weighted by atomic mass is 10.1. The molecular weight excluding hydrogens is 320 g/mol. The number of nitrogens with zero attached hydrogens (tertiary/aromatic N) is 2. The van der Waals surface area contributed by atoms with E-state index in [9.17, 15) is 14.7 Å². The van der Waals surface area contributed by atoms with Crippen molar-refractivity contribution in [2.24, 2.45) is 0 Å². The van der Waals surface area contributed by atoms with Crippen LogP contribution in [0.3, 0.4) is 0 Å². The highest BCUT2D eigenvalue weighted by Gasteiger charge is 2.29. The Hall–Kier alpha value is -2.34. The summed E-state index contributed by atoms with van der Waals surface area (Å²) in [5.41, 5.74) is 0.538. The average molecular weight is 346 g/mol. The van der Waals surface area contributed by atoms with E-state index in [4.69, 9.17) is 4.74 Å². The predicted octanol–water partition coefficient (Wildman–Crippen LogP) is 2.26. The third-order valence-electron chi connectivity index (χ3n) is 4.36. The van der Waals surface area contributed by atoms with Crippen molar-refractivity contribution >= 4 is 11.9 Å². The van der Waals surface area contributed by atoms with Crippen molar-refractivity contribution < 1.29 is 19.4 Å². The summed E-state index contributed by atoms with van der Waals surface area (Å²) in [7, 11) is 1.55. The standard InChI is InChI=1S/C19H26N2O4/c1-3-4-5-9-16(19(23)24)20-11-13-21(14-12-20)18(22)15-8-6-7-10-17(15)25-2/h5-10,16H,3-4,11-14H2,1-2H3,(H,23,24)/b9-5+/t16-/m1/s1. The van der Waals surface area contributed by atoms with Gasteiger partial charge in [-0.05, 0) is 18.6 Å². The third-order valence-corrected chi connectivity index (χ3v) is 4.36. The molecule has 0 unspecified atom stereocenters. The molecule has 1 aromatic carbocycles. The van der Waals surface area contributed by atoms with E-state index in [2.05, 4.69) is 6.92 Å². The smallest absolute Gasteiger partial charge is 0.324 e. The normalized spacial score (nSPS) is 16.8. The highest BCUT2D eigenvalue weighted by atomic mass is 16.5. The Morgan fingerprint density at radius 1 is 1.24 bits per heavy atom. The summed E-state index contributed by atoms with van der Waals surface area (Å²) in [5, 5.41) is 9.46. The van der Waals surface area contributed by atoms with Crippen LogP contribution in [0, 0.1) is 0 Å². The van der Waals surface area contributed by atoms with Crippen molar-refractivity contribution in [3.05, 3.63) is 42.0 Å². The molecule has 1 saturated heterocycles. The van der Waals surface area contributed by atoms with E-state index < -0.39 is 12.0 Å². The van der Waals surface area contributed by atoms with E-state index in [-0.39, 0.29) is 5.91 Å². The fourth-order valence-corrected chi connectivity index (χ4v) is 2.95.